The number of hydrogen-bond acceptors (Lipinski definition) is 4. The molecule has 1 atom stereocenters. The highest BCUT2D eigenvalue weighted by Gasteiger charge is 2.38. The second-order valence-electron chi connectivity index (χ2n) is 4.12. The van der Waals surface area contributed by atoms with Gasteiger partial charge in [-0.2, -0.15) is 13.2 Å². The summed E-state index contributed by atoms with van der Waals surface area (Å²) < 4.78 is 46.8. The Morgan fingerprint density at radius 1 is 1.35 bits per heavy atom. The fourth-order valence-electron chi connectivity index (χ4n) is 1.47. The van der Waals surface area contributed by atoms with Gasteiger partial charge in [0, 0.05) is 18.2 Å². The summed E-state index contributed by atoms with van der Waals surface area (Å²) in [4.78, 5) is 0. The van der Waals surface area contributed by atoms with Gasteiger partial charge < -0.3 is 19.9 Å². The lowest BCUT2D eigenvalue weighted by Gasteiger charge is -2.17. The Hall–Kier alpha value is -1.47. The lowest BCUT2D eigenvalue weighted by atomic mass is 10.2. The predicted octanol–water partition coefficient (Wildman–Crippen LogP) is 2.11. The van der Waals surface area contributed by atoms with Crippen LogP contribution in [0.4, 0.5) is 13.2 Å². The molecule has 114 valence electrons. The van der Waals surface area contributed by atoms with E-state index in [-0.39, 0.29) is 5.75 Å². The predicted molar refractivity (Wildman–Crippen MR) is 67.9 cm³/mol. The molecular weight excluding hydrogens is 275 g/mol. The van der Waals surface area contributed by atoms with Crippen LogP contribution in [0.15, 0.2) is 18.2 Å². The minimum absolute atomic E-state index is 0.258. The molecule has 0 saturated carbocycles. The SMILES string of the molecule is CCNCc1ccc(OC)cc1OCC(O)C(F)(F)F. The highest BCUT2D eigenvalue weighted by atomic mass is 19.4. The van der Waals surface area contributed by atoms with Crippen molar-refractivity contribution in [2.24, 2.45) is 0 Å². The van der Waals surface area contributed by atoms with E-state index >= 15 is 0 Å². The first-order valence-corrected chi connectivity index (χ1v) is 6.13. The Morgan fingerprint density at radius 2 is 2.05 bits per heavy atom. The number of aliphatic hydroxyl groups excluding tert-OH is 1. The van der Waals surface area contributed by atoms with Crippen molar-refractivity contribution in [1.29, 1.82) is 0 Å². The van der Waals surface area contributed by atoms with E-state index in [1.165, 1.54) is 13.2 Å². The first-order chi connectivity index (χ1) is 9.38. The smallest absolute Gasteiger partial charge is 0.417 e. The molecular formula is C13H18F3NO3. The van der Waals surface area contributed by atoms with Crippen molar-refractivity contribution in [3.05, 3.63) is 23.8 Å². The van der Waals surface area contributed by atoms with Crippen LogP contribution in [-0.4, -0.2) is 37.6 Å². The minimum Gasteiger partial charge on any atom is -0.497 e. The van der Waals surface area contributed by atoms with Crippen molar-refractivity contribution in [1.82, 2.24) is 5.32 Å². The standard InChI is InChI=1S/C13H18F3NO3/c1-3-17-7-9-4-5-10(19-2)6-11(9)20-8-12(18)13(14,15)16/h4-6,12,17-18H,3,7-8H2,1-2H3. The molecule has 0 saturated heterocycles. The molecule has 1 rings (SSSR count). The number of methoxy groups -OCH3 is 1. The maximum atomic E-state index is 12.2. The van der Waals surface area contributed by atoms with Crippen molar-refractivity contribution in [2.75, 3.05) is 20.3 Å². The van der Waals surface area contributed by atoms with Crippen LogP contribution in [0.5, 0.6) is 11.5 Å². The first-order valence-electron chi connectivity index (χ1n) is 6.13. The van der Waals surface area contributed by atoms with E-state index in [0.717, 1.165) is 6.54 Å². The van der Waals surface area contributed by atoms with Crippen LogP contribution >= 0.6 is 0 Å². The highest BCUT2D eigenvalue weighted by Crippen LogP contribution is 2.26. The molecule has 0 aromatic heterocycles. The fourth-order valence-corrected chi connectivity index (χ4v) is 1.47. The molecule has 7 heteroatoms. The molecule has 0 bridgehead atoms. The van der Waals surface area contributed by atoms with Gasteiger partial charge in [-0.05, 0) is 12.6 Å². The second kappa shape index (κ2) is 7.35. The summed E-state index contributed by atoms with van der Waals surface area (Å²) in [5.74, 6) is 0.732. The van der Waals surface area contributed by atoms with Crippen molar-refractivity contribution in [3.63, 3.8) is 0 Å². The van der Waals surface area contributed by atoms with Crippen LogP contribution in [0, 0.1) is 0 Å². The van der Waals surface area contributed by atoms with E-state index < -0.39 is 18.9 Å². The maximum absolute atomic E-state index is 12.2. The van der Waals surface area contributed by atoms with Gasteiger partial charge in [0.25, 0.3) is 0 Å². The molecule has 1 aromatic rings. The Morgan fingerprint density at radius 3 is 2.60 bits per heavy atom. The van der Waals surface area contributed by atoms with E-state index in [0.29, 0.717) is 17.9 Å². The fraction of sp³-hybridized carbons (Fsp3) is 0.538. The summed E-state index contributed by atoms with van der Waals surface area (Å²) in [5, 5.41) is 12.0. The van der Waals surface area contributed by atoms with E-state index in [9.17, 15) is 13.2 Å². The largest absolute Gasteiger partial charge is 0.497 e. The van der Waals surface area contributed by atoms with E-state index in [4.69, 9.17) is 14.6 Å². The lowest BCUT2D eigenvalue weighted by molar-refractivity contribution is -0.210. The minimum atomic E-state index is -4.69. The maximum Gasteiger partial charge on any atom is 0.417 e. The molecule has 2 N–H and O–H groups in total. The third-order valence-corrected chi connectivity index (χ3v) is 2.61. The molecule has 4 nitrogen and oxygen atoms in total. The van der Waals surface area contributed by atoms with Gasteiger partial charge in [-0.25, -0.2) is 0 Å². The third-order valence-electron chi connectivity index (χ3n) is 2.61. The number of alkyl halides is 3. The van der Waals surface area contributed by atoms with E-state index in [1.54, 1.807) is 12.1 Å². The van der Waals surface area contributed by atoms with Crippen molar-refractivity contribution >= 4 is 0 Å². The zero-order valence-electron chi connectivity index (χ0n) is 11.3. The third kappa shape index (κ3) is 4.90. The molecule has 1 aromatic carbocycles. The monoisotopic (exact) mass is 293 g/mol. The van der Waals surface area contributed by atoms with Crippen LogP contribution in [0.25, 0.3) is 0 Å². The Labute approximate surface area is 115 Å². The number of benzene rings is 1. The average Bonchev–Trinajstić information content (AvgIpc) is 2.41. The van der Waals surface area contributed by atoms with Gasteiger partial charge in [0.1, 0.15) is 18.1 Å². The number of rotatable bonds is 7. The summed E-state index contributed by atoms with van der Waals surface area (Å²) >= 11 is 0. The summed E-state index contributed by atoms with van der Waals surface area (Å²) in [6.45, 7) is 2.24. The zero-order chi connectivity index (χ0) is 15.2. The summed E-state index contributed by atoms with van der Waals surface area (Å²) in [5.41, 5.74) is 0.696. The summed E-state index contributed by atoms with van der Waals surface area (Å²) in [6, 6.07) is 4.90. The first kappa shape index (κ1) is 16.6. The van der Waals surface area contributed by atoms with Crippen LogP contribution in [0.3, 0.4) is 0 Å². The molecule has 0 amide bonds. The molecule has 0 spiro atoms. The van der Waals surface area contributed by atoms with Gasteiger partial charge in [-0.15, -0.1) is 0 Å². The molecule has 0 aliphatic carbocycles. The van der Waals surface area contributed by atoms with Gasteiger partial charge in [0.15, 0.2) is 6.10 Å². The van der Waals surface area contributed by atoms with Crippen LogP contribution in [-0.2, 0) is 6.54 Å². The summed E-state index contributed by atoms with van der Waals surface area (Å²) in [7, 11) is 1.45. The molecule has 0 aliphatic heterocycles. The molecule has 0 heterocycles. The van der Waals surface area contributed by atoms with Gasteiger partial charge >= 0.3 is 6.18 Å². The summed E-state index contributed by atoms with van der Waals surface area (Å²) in [6.07, 6.45) is -7.21. The number of halogens is 3. The normalized spacial score (nSPS) is 13.1. The van der Waals surface area contributed by atoms with E-state index in [1.807, 2.05) is 6.92 Å². The number of ether oxygens (including phenoxy) is 2. The van der Waals surface area contributed by atoms with Crippen molar-refractivity contribution in [2.45, 2.75) is 25.7 Å². The molecule has 0 fully saturated rings. The Kier molecular flexibility index (Phi) is 6.09. The number of hydrogen-bond donors (Lipinski definition) is 2. The highest BCUT2D eigenvalue weighted by molar-refractivity contribution is 5.40. The molecule has 0 aliphatic rings. The van der Waals surface area contributed by atoms with Gasteiger partial charge in [-0.1, -0.05) is 13.0 Å². The van der Waals surface area contributed by atoms with Crippen LogP contribution in [0.2, 0.25) is 0 Å². The molecule has 0 radical (unpaired) electrons. The second-order valence-corrected chi connectivity index (χ2v) is 4.12. The van der Waals surface area contributed by atoms with Crippen molar-refractivity contribution in [3.8, 4) is 11.5 Å². The van der Waals surface area contributed by atoms with Gasteiger partial charge in [0.2, 0.25) is 0 Å². The lowest BCUT2D eigenvalue weighted by Crippen LogP contribution is -2.34. The van der Waals surface area contributed by atoms with E-state index in [2.05, 4.69) is 5.32 Å². The van der Waals surface area contributed by atoms with Crippen LogP contribution < -0.4 is 14.8 Å². The quantitative estimate of drug-likeness (QED) is 0.808. The zero-order valence-corrected chi connectivity index (χ0v) is 11.3. The average molecular weight is 293 g/mol. The number of aliphatic hydroxyl groups is 1. The number of nitrogens with one attached hydrogen (secondary N) is 1. The molecule has 20 heavy (non-hydrogen) atoms. The van der Waals surface area contributed by atoms with Crippen molar-refractivity contribution < 1.29 is 27.8 Å². The van der Waals surface area contributed by atoms with Gasteiger partial charge in [-0.3, -0.25) is 0 Å². The Bertz CT molecular complexity index is 424. The topological polar surface area (TPSA) is 50.7 Å². The molecule has 1 unspecified atom stereocenters. The van der Waals surface area contributed by atoms with Gasteiger partial charge in [0.05, 0.1) is 7.11 Å². The Balaban J connectivity index is 2.79. The van der Waals surface area contributed by atoms with Crippen LogP contribution in [0.1, 0.15) is 12.5 Å².